The Hall–Kier alpha value is -2.68. The average molecular weight is 320 g/mol. The molecule has 0 saturated heterocycles. The molecule has 120 valence electrons. The van der Waals surface area contributed by atoms with Crippen LogP contribution in [0, 0.1) is 11.6 Å². The van der Waals surface area contributed by atoms with E-state index >= 15 is 0 Å². The van der Waals surface area contributed by atoms with Gasteiger partial charge in [-0.15, -0.1) is 0 Å². The SMILES string of the molecule is C[C@@H](n1cncn1)C(O)(Cn1cncn1)c1ccc(F)cc1F. The second kappa shape index (κ2) is 5.84. The summed E-state index contributed by atoms with van der Waals surface area (Å²) in [5, 5.41) is 19.2. The van der Waals surface area contributed by atoms with E-state index in [2.05, 4.69) is 20.2 Å². The van der Waals surface area contributed by atoms with Crippen LogP contribution in [0.25, 0.3) is 0 Å². The molecule has 0 radical (unpaired) electrons. The number of benzene rings is 1. The number of hydrogen-bond acceptors (Lipinski definition) is 5. The third kappa shape index (κ3) is 2.82. The second-order valence-electron chi connectivity index (χ2n) is 5.19. The molecule has 0 aliphatic carbocycles. The molecule has 9 heteroatoms. The van der Waals surface area contributed by atoms with Crippen LogP contribution in [0.1, 0.15) is 18.5 Å². The van der Waals surface area contributed by atoms with Crippen LogP contribution in [0.4, 0.5) is 8.78 Å². The Morgan fingerprint density at radius 1 is 1.17 bits per heavy atom. The summed E-state index contributed by atoms with van der Waals surface area (Å²) in [5.41, 5.74) is -1.79. The van der Waals surface area contributed by atoms with Crippen LogP contribution >= 0.6 is 0 Å². The van der Waals surface area contributed by atoms with Gasteiger partial charge < -0.3 is 5.11 Å². The van der Waals surface area contributed by atoms with Gasteiger partial charge in [0, 0.05) is 11.6 Å². The molecule has 0 saturated carbocycles. The van der Waals surface area contributed by atoms with Crippen LogP contribution in [0.15, 0.2) is 43.5 Å². The number of nitrogens with zero attached hydrogens (tertiary/aromatic N) is 6. The topological polar surface area (TPSA) is 81.6 Å². The van der Waals surface area contributed by atoms with Crippen molar-refractivity contribution in [1.82, 2.24) is 29.5 Å². The third-order valence-corrected chi connectivity index (χ3v) is 3.79. The minimum absolute atomic E-state index is 0.0580. The van der Waals surface area contributed by atoms with E-state index in [0.29, 0.717) is 0 Å². The number of halogens is 2. The third-order valence-electron chi connectivity index (χ3n) is 3.79. The van der Waals surface area contributed by atoms with Gasteiger partial charge in [-0.25, -0.2) is 28.1 Å². The first-order valence-electron chi connectivity index (χ1n) is 6.85. The zero-order chi connectivity index (χ0) is 16.4. The predicted octanol–water partition coefficient (Wildman–Crippen LogP) is 1.30. The molecule has 0 amide bonds. The zero-order valence-corrected chi connectivity index (χ0v) is 12.2. The fraction of sp³-hybridized carbons (Fsp3) is 0.286. The molecule has 1 aromatic carbocycles. The van der Waals surface area contributed by atoms with Gasteiger partial charge in [0.2, 0.25) is 0 Å². The maximum Gasteiger partial charge on any atom is 0.137 e. The molecule has 0 bridgehead atoms. The number of aliphatic hydroxyl groups is 1. The Kier molecular flexibility index (Phi) is 3.87. The molecule has 1 N–H and O–H groups in total. The van der Waals surface area contributed by atoms with Crippen molar-refractivity contribution in [1.29, 1.82) is 0 Å². The molecule has 2 atom stereocenters. The maximum atomic E-state index is 14.3. The van der Waals surface area contributed by atoms with E-state index in [1.165, 1.54) is 40.7 Å². The van der Waals surface area contributed by atoms with Gasteiger partial charge in [0.1, 0.15) is 42.5 Å². The fourth-order valence-electron chi connectivity index (χ4n) is 2.48. The Morgan fingerprint density at radius 3 is 2.52 bits per heavy atom. The first kappa shape index (κ1) is 15.2. The van der Waals surface area contributed by atoms with E-state index in [9.17, 15) is 13.9 Å². The van der Waals surface area contributed by atoms with Crippen molar-refractivity contribution in [3.63, 3.8) is 0 Å². The van der Waals surface area contributed by atoms with E-state index < -0.39 is 23.3 Å². The van der Waals surface area contributed by atoms with Gasteiger partial charge in [-0.3, -0.25) is 0 Å². The minimum Gasteiger partial charge on any atom is -0.381 e. The summed E-state index contributed by atoms with van der Waals surface area (Å²) >= 11 is 0. The normalized spacial score (nSPS) is 15.3. The molecular weight excluding hydrogens is 306 g/mol. The molecular formula is C14H14F2N6O. The molecule has 0 fully saturated rings. The lowest BCUT2D eigenvalue weighted by molar-refractivity contribution is -0.0370. The van der Waals surface area contributed by atoms with Crippen molar-refractivity contribution in [3.8, 4) is 0 Å². The van der Waals surface area contributed by atoms with Gasteiger partial charge in [0.05, 0.1) is 12.6 Å². The van der Waals surface area contributed by atoms with Crippen LogP contribution in [-0.2, 0) is 12.1 Å². The van der Waals surface area contributed by atoms with Gasteiger partial charge in [0.25, 0.3) is 0 Å². The highest BCUT2D eigenvalue weighted by Gasteiger charge is 2.40. The summed E-state index contributed by atoms with van der Waals surface area (Å²) in [6.07, 6.45) is 5.44. The predicted molar refractivity (Wildman–Crippen MR) is 75.0 cm³/mol. The molecule has 2 aromatic heterocycles. The van der Waals surface area contributed by atoms with Crippen molar-refractivity contribution < 1.29 is 13.9 Å². The summed E-state index contributed by atoms with van der Waals surface area (Å²) in [6.45, 7) is 1.57. The largest absolute Gasteiger partial charge is 0.381 e. The van der Waals surface area contributed by atoms with E-state index in [1.54, 1.807) is 6.92 Å². The summed E-state index contributed by atoms with van der Waals surface area (Å²) in [7, 11) is 0. The summed E-state index contributed by atoms with van der Waals surface area (Å²) in [6, 6.07) is 2.36. The monoisotopic (exact) mass is 320 g/mol. The van der Waals surface area contributed by atoms with Crippen molar-refractivity contribution in [2.45, 2.75) is 25.1 Å². The Morgan fingerprint density at radius 2 is 1.91 bits per heavy atom. The molecule has 1 unspecified atom stereocenters. The average Bonchev–Trinajstić information content (AvgIpc) is 3.19. The second-order valence-corrected chi connectivity index (χ2v) is 5.19. The molecule has 3 rings (SSSR count). The van der Waals surface area contributed by atoms with Gasteiger partial charge in [0.15, 0.2) is 0 Å². The molecule has 3 aromatic rings. The van der Waals surface area contributed by atoms with Gasteiger partial charge in [-0.2, -0.15) is 10.2 Å². The van der Waals surface area contributed by atoms with Crippen molar-refractivity contribution in [3.05, 3.63) is 60.7 Å². The van der Waals surface area contributed by atoms with Crippen molar-refractivity contribution in [2.24, 2.45) is 0 Å². The molecule has 23 heavy (non-hydrogen) atoms. The quantitative estimate of drug-likeness (QED) is 0.766. The number of hydrogen-bond donors (Lipinski definition) is 1. The van der Waals surface area contributed by atoms with E-state index in [4.69, 9.17) is 0 Å². The number of aromatic nitrogens is 6. The van der Waals surface area contributed by atoms with Crippen LogP contribution < -0.4 is 0 Å². The summed E-state index contributed by atoms with van der Waals surface area (Å²) < 4.78 is 30.3. The summed E-state index contributed by atoms with van der Waals surface area (Å²) in [4.78, 5) is 7.65. The molecule has 7 nitrogen and oxygen atoms in total. The van der Waals surface area contributed by atoms with Crippen LogP contribution in [0.2, 0.25) is 0 Å². The van der Waals surface area contributed by atoms with Crippen LogP contribution in [0.5, 0.6) is 0 Å². The zero-order valence-electron chi connectivity index (χ0n) is 12.2. The Bertz CT molecular complexity index is 777. The Balaban J connectivity index is 2.08. The minimum atomic E-state index is -1.74. The van der Waals surface area contributed by atoms with Gasteiger partial charge in [-0.05, 0) is 13.0 Å². The van der Waals surface area contributed by atoms with E-state index in [1.807, 2.05) is 0 Å². The highest BCUT2D eigenvalue weighted by atomic mass is 19.1. The smallest absolute Gasteiger partial charge is 0.137 e. The lowest BCUT2D eigenvalue weighted by Crippen LogP contribution is -2.40. The maximum absolute atomic E-state index is 14.3. The molecule has 0 aliphatic heterocycles. The highest BCUT2D eigenvalue weighted by Crippen LogP contribution is 2.36. The number of rotatable bonds is 5. The van der Waals surface area contributed by atoms with Crippen LogP contribution in [0.3, 0.4) is 0 Å². The first-order chi connectivity index (χ1) is 11.0. The van der Waals surface area contributed by atoms with E-state index in [0.717, 1.165) is 12.1 Å². The lowest BCUT2D eigenvalue weighted by atomic mass is 9.86. The van der Waals surface area contributed by atoms with Crippen LogP contribution in [-0.4, -0.2) is 34.6 Å². The van der Waals surface area contributed by atoms with Crippen molar-refractivity contribution >= 4 is 0 Å². The first-order valence-corrected chi connectivity index (χ1v) is 6.85. The molecule has 0 spiro atoms. The highest BCUT2D eigenvalue weighted by molar-refractivity contribution is 5.26. The fourth-order valence-corrected chi connectivity index (χ4v) is 2.48. The van der Waals surface area contributed by atoms with E-state index in [-0.39, 0.29) is 12.1 Å². The Labute approximate surface area is 130 Å². The van der Waals surface area contributed by atoms with Gasteiger partial charge in [-0.1, -0.05) is 6.07 Å². The lowest BCUT2D eigenvalue weighted by Gasteiger charge is -2.34. The molecule has 2 heterocycles. The summed E-state index contributed by atoms with van der Waals surface area (Å²) in [5.74, 6) is -1.57. The van der Waals surface area contributed by atoms with Crippen molar-refractivity contribution in [2.75, 3.05) is 0 Å². The van der Waals surface area contributed by atoms with Gasteiger partial charge >= 0.3 is 0 Å². The standard InChI is InChI=1S/C14H14F2N6O/c1-10(22-9-18-7-20-22)14(23,5-21-8-17-6-19-21)12-3-2-11(15)4-13(12)16/h2-4,6-10,23H,5H2,1H3/t10-,14?/m1/s1. The molecule has 0 aliphatic rings.